The van der Waals surface area contributed by atoms with E-state index in [0.29, 0.717) is 12.1 Å². The van der Waals surface area contributed by atoms with Gasteiger partial charge in [-0.05, 0) is 49.2 Å². The van der Waals surface area contributed by atoms with Crippen LogP contribution in [-0.2, 0) is 16.0 Å². The summed E-state index contributed by atoms with van der Waals surface area (Å²) >= 11 is 0. The molecule has 0 saturated heterocycles. The van der Waals surface area contributed by atoms with E-state index in [1.807, 2.05) is 31.2 Å². The zero-order valence-corrected chi connectivity index (χ0v) is 15.3. The molecule has 7 nitrogen and oxygen atoms in total. The molecule has 0 unspecified atom stereocenters. The fourth-order valence-corrected chi connectivity index (χ4v) is 2.57. The highest BCUT2D eigenvalue weighted by molar-refractivity contribution is 6.01. The average Bonchev–Trinajstić information content (AvgIpc) is 2.62. The molecule has 0 saturated carbocycles. The van der Waals surface area contributed by atoms with Crippen molar-refractivity contribution in [3.05, 3.63) is 53.6 Å². The van der Waals surface area contributed by atoms with Crippen molar-refractivity contribution >= 4 is 34.8 Å². The van der Waals surface area contributed by atoms with Gasteiger partial charge in [0.05, 0.1) is 11.3 Å². The predicted octanol–water partition coefficient (Wildman–Crippen LogP) is 3.35. The van der Waals surface area contributed by atoms with Crippen LogP contribution in [0.15, 0.2) is 42.5 Å². The Kier molecular flexibility index (Phi) is 6.93. The molecule has 0 bridgehead atoms. The van der Waals surface area contributed by atoms with Gasteiger partial charge in [-0.1, -0.05) is 12.1 Å². The first-order chi connectivity index (χ1) is 12.9. The first kappa shape index (κ1) is 20.0. The van der Waals surface area contributed by atoms with E-state index < -0.39 is 5.97 Å². The number of benzene rings is 2. The fourth-order valence-electron chi connectivity index (χ4n) is 2.57. The number of carbonyl (C=O) groups is 3. The van der Waals surface area contributed by atoms with Gasteiger partial charge < -0.3 is 21.1 Å². The van der Waals surface area contributed by atoms with E-state index in [2.05, 4.69) is 16.0 Å². The van der Waals surface area contributed by atoms with Gasteiger partial charge >= 0.3 is 5.97 Å². The molecule has 0 atom stereocenters. The van der Waals surface area contributed by atoms with Gasteiger partial charge in [0.25, 0.3) is 0 Å². The monoisotopic (exact) mass is 369 g/mol. The number of carboxylic acid groups (broad SMARTS) is 1. The quantitative estimate of drug-likeness (QED) is 0.571. The van der Waals surface area contributed by atoms with Gasteiger partial charge in [-0.2, -0.15) is 0 Å². The van der Waals surface area contributed by atoms with Crippen LogP contribution in [0.2, 0.25) is 0 Å². The molecule has 142 valence electrons. The first-order valence-corrected chi connectivity index (χ1v) is 8.66. The molecule has 0 fully saturated rings. The third kappa shape index (κ3) is 6.14. The van der Waals surface area contributed by atoms with Crippen molar-refractivity contribution in [3.63, 3.8) is 0 Å². The molecule has 0 radical (unpaired) electrons. The number of amides is 2. The van der Waals surface area contributed by atoms with Crippen molar-refractivity contribution in [2.45, 2.75) is 26.7 Å². The Balaban J connectivity index is 1.97. The topological polar surface area (TPSA) is 108 Å². The van der Waals surface area contributed by atoms with Crippen molar-refractivity contribution in [1.29, 1.82) is 0 Å². The van der Waals surface area contributed by atoms with Gasteiger partial charge in [0.2, 0.25) is 11.8 Å². The number of hydrogen-bond acceptors (Lipinski definition) is 4. The molecule has 2 aromatic carbocycles. The third-order valence-corrected chi connectivity index (χ3v) is 3.82. The van der Waals surface area contributed by atoms with Gasteiger partial charge in [0.15, 0.2) is 0 Å². The van der Waals surface area contributed by atoms with E-state index in [9.17, 15) is 19.5 Å². The van der Waals surface area contributed by atoms with Crippen LogP contribution >= 0.6 is 0 Å². The maximum atomic E-state index is 12.2. The SMILES string of the molecule is CCNc1ccc(CCC(=O)Nc2ccc(NC(C)=O)c(C(=O)O)c2)cc1. The minimum absolute atomic E-state index is 0.0815. The Morgan fingerprint density at radius 2 is 1.63 bits per heavy atom. The van der Waals surface area contributed by atoms with Crippen molar-refractivity contribution in [2.24, 2.45) is 0 Å². The molecule has 2 rings (SSSR count). The molecular formula is C20H23N3O4. The Bertz CT molecular complexity index is 832. The number of anilines is 3. The second-order valence-corrected chi connectivity index (χ2v) is 6.02. The Morgan fingerprint density at radius 1 is 0.963 bits per heavy atom. The normalized spacial score (nSPS) is 10.1. The van der Waals surface area contributed by atoms with Crippen LogP contribution in [0.4, 0.5) is 17.1 Å². The highest BCUT2D eigenvalue weighted by atomic mass is 16.4. The summed E-state index contributed by atoms with van der Waals surface area (Å²) in [5.74, 6) is -1.76. The lowest BCUT2D eigenvalue weighted by Gasteiger charge is -2.10. The minimum atomic E-state index is -1.18. The Labute approximate surface area is 157 Å². The van der Waals surface area contributed by atoms with E-state index in [-0.39, 0.29) is 29.5 Å². The summed E-state index contributed by atoms with van der Waals surface area (Å²) in [7, 11) is 0. The molecule has 0 aromatic heterocycles. The third-order valence-electron chi connectivity index (χ3n) is 3.82. The zero-order valence-electron chi connectivity index (χ0n) is 15.3. The van der Waals surface area contributed by atoms with Gasteiger partial charge in [-0.3, -0.25) is 9.59 Å². The highest BCUT2D eigenvalue weighted by Crippen LogP contribution is 2.21. The lowest BCUT2D eigenvalue weighted by atomic mass is 10.1. The van der Waals surface area contributed by atoms with Crippen LogP contribution in [0.25, 0.3) is 0 Å². The molecule has 0 aliphatic rings. The highest BCUT2D eigenvalue weighted by Gasteiger charge is 2.13. The van der Waals surface area contributed by atoms with Crippen molar-refractivity contribution < 1.29 is 19.5 Å². The summed E-state index contributed by atoms with van der Waals surface area (Å²) in [6, 6.07) is 12.2. The van der Waals surface area contributed by atoms with E-state index in [1.165, 1.54) is 19.1 Å². The van der Waals surface area contributed by atoms with Crippen molar-refractivity contribution in [2.75, 3.05) is 22.5 Å². The second kappa shape index (κ2) is 9.38. The average molecular weight is 369 g/mol. The van der Waals surface area contributed by atoms with Gasteiger partial charge in [-0.25, -0.2) is 4.79 Å². The van der Waals surface area contributed by atoms with Crippen LogP contribution in [0.3, 0.4) is 0 Å². The molecule has 2 aromatic rings. The lowest BCUT2D eigenvalue weighted by Crippen LogP contribution is -2.14. The molecule has 4 N–H and O–H groups in total. The number of carboxylic acids is 1. The molecule has 0 spiro atoms. The van der Waals surface area contributed by atoms with Crippen molar-refractivity contribution in [3.8, 4) is 0 Å². The zero-order chi connectivity index (χ0) is 19.8. The molecular weight excluding hydrogens is 346 g/mol. The van der Waals surface area contributed by atoms with Crippen molar-refractivity contribution in [1.82, 2.24) is 0 Å². The van der Waals surface area contributed by atoms with Gasteiger partial charge in [0.1, 0.15) is 0 Å². The summed E-state index contributed by atoms with van der Waals surface area (Å²) < 4.78 is 0. The number of rotatable bonds is 8. The smallest absolute Gasteiger partial charge is 0.337 e. The summed E-state index contributed by atoms with van der Waals surface area (Å²) in [6.07, 6.45) is 0.852. The summed E-state index contributed by atoms with van der Waals surface area (Å²) in [6.45, 7) is 4.17. The van der Waals surface area contributed by atoms with Crippen LogP contribution < -0.4 is 16.0 Å². The number of nitrogens with one attached hydrogen (secondary N) is 3. The van der Waals surface area contributed by atoms with Crippen LogP contribution in [0.1, 0.15) is 36.2 Å². The van der Waals surface area contributed by atoms with Crippen LogP contribution in [0, 0.1) is 0 Å². The first-order valence-electron chi connectivity index (χ1n) is 8.66. The minimum Gasteiger partial charge on any atom is -0.478 e. The molecule has 0 aliphatic heterocycles. The molecule has 7 heteroatoms. The molecule has 0 aliphatic carbocycles. The standard InChI is InChI=1S/C20H23N3O4/c1-3-21-15-7-4-14(5-8-15)6-11-19(25)23-16-9-10-18(22-13(2)24)17(12-16)20(26)27/h4-5,7-10,12,21H,3,6,11H2,1-2H3,(H,22,24)(H,23,25)(H,26,27). The van der Waals surface area contributed by atoms with Crippen LogP contribution in [-0.4, -0.2) is 29.4 Å². The number of aryl methyl sites for hydroxylation is 1. The largest absolute Gasteiger partial charge is 0.478 e. The second-order valence-electron chi connectivity index (χ2n) is 6.02. The molecule has 2 amide bonds. The maximum Gasteiger partial charge on any atom is 0.337 e. The molecule has 0 heterocycles. The van der Waals surface area contributed by atoms with E-state index >= 15 is 0 Å². The molecule has 27 heavy (non-hydrogen) atoms. The maximum absolute atomic E-state index is 12.2. The number of hydrogen-bond donors (Lipinski definition) is 4. The number of aromatic carboxylic acids is 1. The summed E-state index contributed by atoms with van der Waals surface area (Å²) in [5.41, 5.74) is 2.55. The van der Waals surface area contributed by atoms with Gasteiger partial charge in [0, 0.05) is 31.3 Å². The summed E-state index contributed by atoms with van der Waals surface area (Å²) in [4.78, 5) is 34.7. The van der Waals surface area contributed by atoms with Gasteiger partial charge in [-0.15, -0.1) is 0 Å². The Morgan fingerprint density at radius 3 is 2.22 bits per heavy atom. The lowest BCUT2D eigenvalue weighted by molar-refractivity contribution is -0.116. The predicted molar refractivity (Wildman–Crippen MR) is 105 cm³/mol. The summed E-state index contributed by atoms with van der Waals surface area (Å²) in [5, 5.41) is 17.6. The number of carbonyl (C=O) groups excluding carboxylic acids is 2. The van der Waals surface area contributed by atoms with E-state index in [0.717, 1.165) is 17.8 Å². The Hall–Kier alpha value is -3.35. The van der Waals surface area contributed by atoms with E-state index in [1.54, 1.807) is 6.07 Å². The van der Waals surface area contributed by atoms with Crippen LogP contribution in [0.5, 0.6) is 0 Å². The fraction of sp³-hybridized carbons (Fsp3) is 0.250. The van der Waals surface area contributed by atoms with E-state index in [4.69, 9.17) is 0 Å².